The summed E-state index contributed by atoms with van der Waals surface area (Å²) in [5.74, 6) is -1.18. The average Bonchev–Trinajstić information content (AvgIpc) is 2.43. The van der Waals surface area contributed by atoms with Crippen LogP contribution in [-0.4, -0.2) is 36.2 Å². The van der Waals surface area contributed by atoms with Gasteiger partial charge in [-0.15, -0.1) is 0 Å². The fraction of sp³-hybridized carbons (Fsp3) is 0.500. The molecule has 0 fully saturated rings. The molecule has 0 saturated heterocycles. The number of carboxylic acids is 1. The summed E-state index contributed by atoms with van der Waals surface area (Å²) in [6.07, 6.45) is 0. The minimum absolute atomic E-state index is 0.216. The summed E-state index contributed by atoms with van der Waals surface area (Å²) in [5.41, 5.74) is 9.13. The van der Waals surface area contributed by atoms with E-state index in [2.05, 4.69) is 30.1 Å². The number of benzene rings is 1. The summed E-state index contributed by atoms with van der Waals surface area (Å²) in [4.78, 5) is 20.8. The van der Waals surface area contributed by atoms with Gasteiger partial charge in [0.15, 0.2) is 0 Å². The molecule has 124 valence electrons. The number of carbonyl (C=O) groups excluding carboxylic acids is 1. The number of hydrogen-bond donors (Lipinski definition) is 3. The van der Waals surface area contributed by atoms with Crippen molar-refractivity contribution < 1.29 is 19.4 Å². The maximum atomic E-state index is 11.6. The number of nitrogens with one attached hydrogen (secondary N) is 1. The number of rotatable bonds is 5. The van der Waals surface area contributed by atoms with Gasteiger partial charge in [-0.2, -0.15) is 0 Å². The Morgan fingerprint density at radius 2 is 1.73 bits per heavy atom. The maximum Gasteiger partial charge on any atom is 0.328 e. The van der Waals surface area contributed by atoms with Crippen LogP contribution in [0.25, 0.3) is 0 Å². The lowest BCUT2D eigenvalue weighted by Crippen LogP contribution is -2.28. The summed E-state index contributed by atoms with van der Waals surface area (Å²) < 4.78 is 4.98. The van der Waals surface area contributed by atoms with Gasteiger partial charge in [0.05, 0.1) is 13.2 Å². The van der Waals surface area contributed by atoms with Crippen LogP contribution in [0.15, 0.2) is 12.1 Å². The van der Waals surface area contributed by atoms with Crippen molar-refractivity contribution >= 4 is 17.6 Å². The molecule has 0 aliphatic heterocycles. The van der Waals surface area contributed by atoms with Gasteiger partial charge in [-0.25, -0.2) is 4.79 Å². The first kappa shape index (κ1) is 19.9. The van der Waals surface area contributed by atoms with Crippen molar-refractivity contribution in [2.24, 2.45) is 5.73 Å². The highest BCUT2D eigenvalue weighted by Gasteiger charge is 2.15. The van der Waals surface area contributed by atoms with Gasteiger partial charge in [0.1, 0.15) is 6.04 Å². The van der Waals surface area contributed by atoms with Crippen molar-refractivity contribution in [2.75, 3.05) is 18.5 Å². The molecule has 0 spiro atoms. The molecule has 4 N–H and O–H groups in total. The van der Waals surface area contributed by atoms with Crippen LogP contribution in [0.4, 0.5) is 5.69 Å². The second kappa shape index (κ2) is 9.78. The van der Waals surface area contributed by atoms with Gasteiger partial charge < -0.3 is 20.9 Å². The minimum Gasteiger partial charge on any atom is -0.480 e. The molecule has 1 aromatic rings. The van der Waals surface area contributed by atoms with E-state index in [1.165, 1.54) is 5.56 Å². The summed E-state index contributed by atoms with van der Waals surface area (Å²) >= 11 is 0. The molecule has 0 unspecified atom stereocenters. The van der Waals surface area contributed by atoms with Crippen LogP contribution in [0.5, 0.6) is 0 Å². The molecule has 0 aliphatic carbocycles. The van der Waals surface area contributed by atoms with Crippen LogP contribution in [0.1, 0.15) is 30.5 Å². The van der Waals surface area contributed by atoms with Crippen molar-refractivity contribution in [1.82, 2.24) is 0 Å². The number of anilines is 1. The number of aliphatic carboxylic acids is 1. The lowest BCUT2D eigenvalue weighted by Gasteiger charge is -2.18. The molecular weight excluding hydrogens is 284 g/mol. The van der Waals surface area contributed by atoms with E-state index in [4.69, 9.17) is 9.84 Å². The van der Waals surface area contributed by atoms with E-state index < -0.39 is 5.97 Å². The highest BCUT2D eigenvalue weighted by molar-refractivity contribution is 5.79. The third-order valence-electron chi connectivity index (χ3n) is 2.85. The fourth-order valence-electron chi connectivity index (χ4n) is 1.95. The zero-order chi connectivity index (χ0) is 17.3. The number of ether oxygens (including phenoxy) is 1. The lowest BCUT2D eigenvalue weighted by molar-refractivity contribution is -0.143. The summed E-state index contributed by atoms with van der Waals surface area (Å²) in [7, 11) is 0. The molecule has 0 bridgehead atoms. The predicted octanol–water partition coefficient (Wildman–Crippen LogP) is 2.01. The Hall–Kier alpha value is -2.08. The molecule has 0 aliphatic rings. The molecule has 1 aromatic carbocycles. The van der Waals surface area contributed by atoms with Crippen molar-refractivity contribution in [2.45, 2.75) is 40.7 Å². The van der Waals surface area contributed by atoms with Crippen molar-refractivity contribution in [3.05, 3.63) is 28.8 Å². The third kappa shape index (κ3) is 7.08. The van der Waals surface area contributed by atoms with Crippen LogP contribution in [-0.2, 0) is 14.3 Å². The number of carbonyl (C=O) groups is 2. The summed E-state index contributed by atoms with van der Waals surface area (Å²) in [6.45, 7) is 9.92. The predicted molar refractivity (Wildman–Crippen MR) is 87.1 cm³/mol. The molecule has 1 atom stereocenters. The Bertz CT molecular complexity index is 492. The number of carboxylic acid groups (broad SMARTS) is 1. The van der Waals surface area contributed by atoms with Crippen molar-refractivity contribution in [3.63, 3.8) is 0 Å². The highest BCUT2D eigenvalue weighted by atomic mass is 16.5. The molecule has 1 rings (SSSR count). The van der Waals surface area contributed by atoms with Gasteiger partial charge in [0, 0.05) is 5.69 Å². The lowest BCUT2D eigenvalue weighted by atomic mass is 10.0. The molecular formula is C16H26N2O4. The Morgan fingerprint density at radius 3 is 2.09 bits per heavy atom. The van der Waals surface area contributed by atoms with E-state index in [9.17, 15) is 9.59 Å². The van der Waals surface area contributed by atoms with E-state index in [-0.39, 0.29) is 18.6 Å². The maximum absolute atomic E-state index is 11.6. The van der Waals surface area contributed by atoms with E-state index in [1.807, 2.05) is 27.7 Å². The minimum atomic E-state index is -0.968. The summed E-state index contributed by atoms with van der Waals surface area (Å²) in [6, 6.07) is 3.88. The third-order valence-corrected chi connectivity index (χ3v) is 2.85. The number of nitrogens with two attached hydrogens (primary N) is 1. The number of esters is 1. The normalized spacial score (nSPS) is 11.0. The SMILES string of the molecule is CCOC(=O)[C@H](C)Nc1c(C)cc(C)cc1C.NCC(=O)O. The second-order valence-corrected chi connectivity index (χ2v) is 4.99. The van der Waals surface area contributed by atoms with Crippen LogP contribution in [0.3, 0.4) is 0 Å². The first-order valence-corrected chi connectivity index (χ1v) is 7.15. The molecule has 0 heterocycles. The smallest absolute Gasteiger partial charge is 0.328 e. The standard InChI is InChI=1S/C14H21NO2.C2H5NO2/c1-6-17-14(16)12(5)15-13-10(3)7-9(2)8-11(13)4;3-1-2(4)5/h7-8,12,15H,6H2,1-5H3;1,3H2,(H,4,5)/t12-;/m0./s1. The van der Waals surface area contributed by atoms with Gasteiger partial charge in [-0.1, -0.05) is 17.7 Å². The Kier molecular flexibility index (Phi) is 8.86. The van der Waals surface area contributed by atoms with Gasteiger partial charge in [-0.3, -0.25) is 4.79 Å². The van der Waals surface area contributed by atoms with Gasteiger partial charge in [0.25, 0.3) is 0 Å². The average molecular weight is 310 g/mol. The topological polar surface area (TPSA) is 102 Å². The molecule has 6 nitrogen and oxygen atoms in total. The first-order chi connectivity index (χ1) is 10.2. The largest absolute Gasteiger partial charge is 0.480 e. The van der Waals surface area contributed by atoms with E-state index >= 15 is 0 Å². The Labute approximate surface area is 131 Å². The van der Waals surface area contributed by atoms with Crippen LogP contribution in [0, 0.1) is 20.8 Å². The van der Waals surface area contributed by atoms with Crippen molar-refractivity contribution in [1.29, 1.82) is 0 Å². The monoisotopic (exact) mass is 310 g/mol. The van der Waals surface area contributed by atoms with E-state index in [0.29, 0.717) is 6.61 Å². The Balaban J connectivity index is 0.000000763. The molecule has 6 heteroatoms. The zero-order valence-electron chi connectivity index (χ0n) is 13.9. The first-order valence-electron chi connectivity index (χ1n) is 7.15. The van der Waals surface area contributed by atoms with Crippen LogP contribution >= 0.6 is 0 Å². The fourth-order valence-corrected chi connectivity index (χ4v) is 1.95. The van der Waals surface area contributed by atoms with Crippen LogP contribution in [0.2, 0.25) is 0 Å². The second-order valence-electron chi connectivity index (χ2n) is 4.99. The molecule has 0 saturated carbocycles. The zero-order valence-corrected chi connectivity index (χ0v) is 13.9. The van der Waals surface area contributed by atoms with Gasteiger partial charge in [0.2, 0.25) is 0 Å². The molecule has 0 amide bonds. The quantitative estimate of drug-likeness (QED) is 0.719. The van der Waals surface area contributed by atoms with E-state index in [0.717, 1.165) is 16.8 Å². The van der Waals surface area contributed by atoms with E-state index in [1.54, 1.807) is 0 Å². The Morgan fingerprint density at radius 1 is 1.27 bits per heavy atom. The van der Waals surface area contributed by atoms with Gasteiger partial charge in [-0.05, 0) is 45.7 Å². The molecule has 22 heavy (non-hydrogen) atoms. The van der Waals surface area contributed by atoms with Crippen LogP contribution < -0.4 is 11.1 Å². The summed E-state index contributed by atoms with van der Waals surface area (Å²) in [5, 5.41) is 10.8. The van der Waals surface area contributed by atoms with Gasteiger partial charge >= 0.3 is 11.9 Å². The number of aryl methyl sites for hydroxylation is 3. The van der Waals surface area contributed by atoms with Crippen molar-refractivity contribution in [3.8, 4) is 0 Å². The molecule has 0 aromatic heterocycles. The molecule has 0 radical (unpaired) electrons. The number of hydrogen-bond acceptors (Lipinski definition) is 5. The highest BCUT2D eigenvalue weighted by Crippen LogP contribution is 2.22.